The monoisotopic (exact) mass is 389 g/mol. The van der Waals surface area contributed by atoms with E-state index in [-0.39, 0.29) is 6.03 Å². The quantitative estimate of drug-likeness (QED) is 0.537. The summed E-state index contributed by atoms with van der Waals surface area (Å²) >= 11 is 0. The molecule has 2 N–H and O–H groups in total. The predicted octanol–water partition coefficient (Wildman–Crippen LogP) is 4.06. The molecule has 0 saturated heterocycles. The van der Waals surface area contributed by atoms with Crippen LogP contribution in [0.1, 0.15) is 0 Å². The Morgan fingerprint density at radius 3 is 2.38 bits per heavy atom. The van der Waals surface area contributed by atoms with Gasteiger partial charge in [0.1, 0.15) is 0 Å². The molecule has 8 heteroatoms. The molecule has 0 spiro atoms. The first-order valence-corrected chi connectivity index (χ1v) is 8.88. The van der Waals surface area contributed by atoms with Gasteiger partial charge in [0, 0.05) is 17.3 Å². The van der Waals surface area contributed by atoms with Gasteiger partial charge in [0.15, 0.2) is 23.0 Å². The molecule has 0 fully saturated rings. The molecule has 0 aliphatic carbocycles. The van der Waals surface area contributed by atoms with Crippen LogP contribution < -0.4 is 20.1 Å². The van der Waals surface area contributed by atoms with Crippen molar-refractivity contribution in [3.8, 4) is 22.9 Å². The maximum absolute atomic E-state index is 12.4. The third-order valence-corrected chi connectivity index (χ3v) is 4.26. The number of ether oxygens (including phenoxy) is 2. The maximum atomic E-state index is 12.4. The summed E-state index contributed by atoms with van der Waals surface area (Å²) in [7, 11) is 3.10. The molecule has 0 aliphatic heterocycles. The van der Waals surface area contributed by atoms with E-state index in [9.17, 15) is 4.79 Å². The van der Waals surface area contributed by atoms with Crippen LogP contribution in [0.25, 0.3) is 17.0 Å². The molecule has 2 heterocycles. The summed E-state index contributed by atoms with van der Waals surface area (Å²) in [5.74, 6) is 1.74. The number of hydrogen-bond acceptors (Lipinski definition) is 5. The standard InChI is InChI=1S/C21H19N5O3/c1-28-17-10-8-15(12-18(17)29-2)22-21(27)23-16-9-11-19-24-20(25-26(19)13-16)14-6-4-3-5-7-14/h3-13H,1-2H3,(H2,22,23,27). The zero-order valence-electron chi connectivity index (χ0n) is 15.9. The number of fused-ring (bicyclic) bond motifs is 1. The highest BCUT2D eigenvalue weighted by Gasteiger charge is 2.10. The van der Waals surface area contributed by atoms with Crippen molar-refractivity contribution in [2.24, 2.45) is 0 Å². The van der Waals surface area contributed by atoms with Gasteiger partial charge >= 0.3 is 6.03 Å². The van der Waals surface area contributed by atoms with Gasteiger partial charge in [-0.2, -0.15) is 0 Å². The Labute approximate surface area is 167 Å². The van der Waals surface area contributed by atoms with Gasteiger partial charge in [-0.15, -0.1) is 5.10 Å². The Kier molecular flexibility index (Phi) is 4.98. The molecule has 0 atom stereocenters. The Balaban J connectivity index is 1.49. The van der Waals surface area contributed by atoms with Crippen LogP contribution in [0.5, 0.6) is 11.5 Å². The zero-order chi connectivity index (χ0) is 20.2. The number of anilines is 2. The number of nitrogens with zero attached hydrogens (tertiary/aromatic N) is 3. The predicted molar refractivity (Wildman–Crippen MR) is 111 cm³/mol. The van der Waals surface area contributed by atoms with Crippen molar-refractivity contribution in [3.63, 3.8) is 0 Å². The number of nitrogens with one attached hydrogen (secondary N) is 2. The second kappa shape index (κ2) is 7.89. The number of hydrogen-bond donors (Lipinski definition) is 2. The molecular formula is C21H19N5O3. The van der Waals surface area contributed by atoms with E-state index in [0.717, 1.165) is 5.56 Å². The van der Waals surface area contributed by atoms with Crippen molar-refractivity contribution >= 4 is 23.1 Å². The largest absolute Gasteiger partial charge is 0.493 e. The van der Waals surface area contributed by atoms with Gasteiger partial charge in [0.05, 0.1) is 26.1 Å². The van der Waals surface area contributed by atoms with Gasteiger partial charge in [-0.05, 0) is 24.3 Å². The molecule has 8 nitrogen and oxygen atoms in total. The van der Waals surface area contributed by atoms with Crippen LogP contribution in [-0.4, -0.2) is 34.8 Å². The summed E-state index contributed by atoms with van der Waals surface area (Å²) in [6.45, 7) is 0. The highest BCUT2D eigenvalue weighted by molar-refractivity contribution is 5.99. The first-order chi connectivity index (χ1) is 14.2. The lowest BCUT2D eigenvalue weighted by Crippen LogP contribution is -2.19. The van der Waals surface area contributed by atoms with E-state index in [0.29, 0.717) is 34.3 Å². The van der Waals surface area contributed by atoms with Crippen molar-refractivity contribution in [3.05, 3.63) is 66.9 Å². The van der Waals surface area contributed by atoms with Crippen LogP contribution in [0.2, 0.25) is 0 Å². The second-order valence-corrected chi connectivity index (χ2v) is 6.17. The van der Waals surface area contributed by atoms with Crippen LogP contribution in [0.15, 0.2) is 66.9 Å². The first-order valence-electron chi connectivity index (χ1n) is 8.88. The SMILES string of the molecule is COc1ccc(NC(=O)Nc2ccc3nc(-c4ccccc4)nn3c2)cc1OC. The van der Waals surface area contributed by atoms with Gasteiger partial charge in [0.2, 0.25) is 0 Å². The molecular weight excluding hydrogens is 370 g/mol. The second-order valence-electron chi connectivity index (χ2n) is 6.17. The third-order valence-electron chi connectivity index (χ3n) is 4.26. The number of urea groups is 1. The Bertz CT molecular complexity index is 1160. The molecule has 2 aromatic heterocycles. The molecule has 0 unspecified atom stereocenters. The highest BCUT2D eigenvalue weighted by atomic mass is 16.5. The Hall–Kier alpha value is -4.07. The minimum Gasteiger partial charge on any atom is -0.493 e. The van der Waals surface area contributed by atoms with Crippen LogP contribution in [0, 0.1) is 0 Å². The Morgan fingerprint density at radius 1 is 0.897 bits per heavy atom. The molecule has 4 rings (SSSR count). The summed E-state index contributed by atoms with van der Waals surface area (Å²) in [6.07, 6.45) is 1.71. The van der Waals surface area contributed by atoms with E-state index in [1.165, 1.54) is 0 Å². The smallest absolute Gasteiger partial charge is 0.323 e. The van der Waals surface area contributed by atoms with E-state index in [4.69, 9.17) is 9.47 Å². The first kappa shape index (κ1) is 18.3. The topological polar surface area (TPSA) is 89.8 Å². The number of carbonyl (C=O) groups excluding carboxylic acids is 1. The number of pyridine rings is 1. The summed E-state index contributed by atoms with van der Waals surface area (Å²) in [5.41, 5.74) is 2.78. The number of methoxy groups -OCH3 is 2. The van der Waals surface area contributed by atoms with Crippen molar-refractivity contribution in [1.29, 1.82) is 0 Å². The van der Waals surface area contributed by atoms with E-state index < -0.39 is 0 Å². The average molecular weight is 389 g/mol. The molecule has 0 bridgehead atoms. The van der Waals surface area contributed by atoms with Gasteiger partial charge in [-0.3, -0.25) is 0 Å². The van der Waals surface area contributed by atoms with Gasteiger partial charge in [0.25, 0.3) is 0 Å². The summed E-state index contributed by atoms with van der Waals surface area (Å²) in [6, 6.07) is 18.0. The summed E-state index contributed by atoms with van der Waals surface area (Å²) in [5, 5.41) is 10.0. The Morgan fingerprint density at radius 2 is 1.62 bits per heavy atom. The van der Waals surface area contributed by atoms with Crippen LogP contribution in [0.4, 0.5) is 16.2 Å². The molecule has 2 aromatic carbocycles. The molecule has 146 valence electrons. The van der Waals surface area contributed by atoms with Crippen molar-refractivity contribution in [2.75, 3.05) is 24.9 Å². The number of aromatic nitrogens is 3. The number of rotatable bonds is 5. The van der Waals surface area contributed by atoms with Gasteiger partial charge in [-0.25, -0.2) is 14.3 Å². The van der Waals surface area contributed by atoms with E-state index in [1.54, 1.807) is 55.3 Å². The lowest BCUT2D eigenvalue weighted by Gasteiger charge is -2.11. The van der Waals surface area contributed by atoms with Crippen LogP contribution in [0.3, 0.4) is 0 Å². The van der Waals surface area contributed by atoms with Crippen LogP contribution in [-0.2, 0) is 0 Å². The minimum absolute atomic E-state index is 0.389. The normalized spacial score (nSPS) is 10.6. The van der Waals surface area contributed by atoms with Gasteiger partial charge < -0.3 is 20.1 Å². The molecule has 0 aliphatic rings. The molecule has 0 saturated carbocycles. The van der Waals surface area contributed by atoms with Crippen LogP contribution >= 0.6 is 0 Å². The van der Waals surface area contributed by atoms with E-state index in [1.807, 2.05) is 30.3 Å². The summed E-state index contributed by atoms with van der Waals surface area (Å²) < 4.78 is 12.1. The maximum Gasteiger partial charge on any atom is 0.323 e. The molecule has 4 aromatic rings. The fourth-order valence-electron chi connectivity index (χ4n) is 2.87. The molecule has 0 radical (unpaired) electrons. The fourth-order valence-corrected chi connectivity index (χ4v) is 2.87. The van der Waals surface area contributed by atoms with Gasteiger partial charge in [-0.1, -0.05) is 30.3 Å². The van der Waals surface area contributed by atoms with Crippen molar-refractivity contribution in [1.82, 2.24) is 14.6 Å². The number of carbonyl (C=O) groups is 1. The molecule has 29 heavy (non-hydrogen) atoms. The van der Waals surface area contributed by atoms with Crippen molar-refractivity contribution < 1.29 is 14.3 Å². The minimum atomic E-state index is -0.389. The van der Waals surface area contributed by atoms with E-state index in [2.05, 4.69) is 20.7 Å². The van der Waals surface area contributed by atoms with E-state index >= 15 is 0 Å². The molecule has 2 amide bonds. The third kappa shape index (κ3) is 3.96. The number of benzene rings is 2. The van der Waals surface area contributed by atoms with Crippen molar-refractivity contribution in [2.45, 2.75) is 0 Å². The zero-order valence-corrected chi connectivity index (χ0v) is 15.9. The highest BCUT2D eigenvalue weighted by Crippen LogP contribution is 2.29. The average Bonchev–Trinajstić information content (AvgIpc) is 3.17. The fraction of sp³-hybridized carbons (Fsp3) is 0.0952. The lowest BCUT2D eigenvalue weighted by molar-refractivity contribution is 0.262. The lowest BCUT2D eigenvalue weighted by atomic mass is 10.2. The number of amides is 2. The summed E-state index contributed by atoms with van der Waals surface area (Å²) in [4.78, 5) is 16.9.